The SMILES string of the molecule is B[C@@H]1O[C@H](COC)C(OP(C)(=O)S)[C@@H]1OCCOC. The van der Waals surface area contributed by atoms with Crippen LogP contribution in [-0.4, -0.2) is 72.9 Å². The Morgan fingerprint density at radius 1 is 1.26 bits per heavy atom. The van der Waals surface area contributed by atoms with Gasteiger partial charge in [0, 0.05) is 20.9 Å². The molecule has 1 aliphatic rings. The van der Waals surface area contributed by atoms with Crippen molar-refractivity contribution in [2.75, 3.05) is 40.7 Å². The highest BCUT2D eigenvalue weighted by Crippen LogP contribution is 2.50. The average molecular weight is 312 g/mol. The Balaban J connectivity index is 2.70. The fourth-order valence-electron chi connectivity index (χ4n) is 2.06. The summed E-state index contributed by atoms with van der Waals surface area (Å²) in [6.07, 6.45) is -1.08. The second-order valence-corrected chi connectivity index (χ2v) is 8.53. The van der Waals surface area contributed by atoms with E-state index in [4.69, 9.17) is 23.5 Å². The van der Waals surface area contributed by atoms with Crippen LogP contribution in [0.5, 0.6) is 0 Å². The maximum absolute atomic E-state index is 11.8. The number of thiol groups is 1. The largest absolute Gasteiger partial charge is 0.382 e. The Bertz CT molecular complexity index is 314. The first-order chi connectivity index (χ1) is 8.89. The molecule has 0 saturated carbocycles. The molecule has 1 heterocycles. The van der Waals surface area contributed by atoms with Crippen molar-refractivity contribution >= 4 is 26.7 Å². The summed E-state index contributed by atoms with van der Waals surface area (Å²) < 4.78 is 38.8. The van der Waals surface area contributed by atoms with Crippen LogP contribution < -0.4 is 0 Å². The van der Waals surface area contributed by atoms with Gasteiger partial charge in [-0.3, -0.25) is 4.57 Å². The smallest absolute Gasteiger partial charge is 0.252 e. The molecule has 0 spiro atoms. The number of methoxy groups -OCH3 is 2. The Labute approximate surface area is 120 Å². The second kappa shape index (κ2) is 8.03. The molecule has 2 unspecified atom stereocenters. The monoisotopic (exact) mass is 312 g/mol. The standard InChI is InChI=1S/C10H22BO6PS/c1-13-4-5-15-9-8(17-18(3,12)19)7(6-14-2)16-10(9)11/h7-10H,4-6,11H2,1-3H3,(H,12,19)/t7-,8?,9+,10-,18?/m1/s1. The lowest BCUT2D eigenvalue weighted by molar-refractivity contribution is -0.0312. The highest BCUT2D eigenvalue weighted by atomic mass is 32.7. The quantitative estimate of drug-likeness (QED) is 0.298. The van der Waals surface area contributed by atoms with Crippen LogP contribution in [0.1, 0.15) is 0 Å². The van der Waals surface area contributed by atoms with Gasteiger partial charge in [0.2, 0.25) is 0 Å². The minimum Gasteiger partial charge on any atom is -0.382 e. The van der Waals surface area contributed by atoms with Crippen LogP contribution in [0.3, 0.4) is 0 Å². The van der Waals surface area contributed by atoms with Gasteiger partial charge in [-0.2, -0.15) is 0 Å². The summed E-state index contributed by atoms with van der Waals surface area (Å²) >= 11 is 3.97. The molecule has 1 fully saturated rings. The molecule has 0 aromatic heterocycles. The topological polar surface area (TPSA) is 63.2 Å². The highest BCUT2D eigenvalue weighted by Gasteiger charge is 2.45. The van der Waals surface area contributed by atoms with E-state index in [9.17, 15) is 4.57 Å². The molecular weight excluding hydrogens is 290 g/mol. The lowest BCUT2D eigenvalue weighted by Crippen LogP contribution is -2.38. The van der Waals surface area contributed by atoms with Crippen LogP contribution in [0.25, 0.3) is 0 Å². The van der Waals surface area contributed by atoms with E-state index in [0.717, 1.165) is 0 Å². The summed E-state index contributed by atoms with van der Waals surface area (Å²) in [6.45, 7) is -0.216. The van der Waals surface area contributed by atoms with Crippen LogP contribution in [0.2, 0.25) is 0 Å². The van der Waals surface area contributed by atoms with Crippen molar-refractivity contribution in [2.45, 2.75) is 24.3 Å². The van der Waals surface area contributed by atoms with Gasteiger partial charge in [-0.1, -0.05) is 12.2 Å². The summed E-state index contributed by atoms with van der Waals surface area (Å²) in [5.74, 6) is 0. The molecule has 5 atom stereocenters. The number of rotatable bonds is 8. The maximum atomic E-state index is 11.8. The van der Waals surface area contributed by atoms with Gasteiger partial charge < -0.3 is 23.5 Å². The maximum Gasteiger partial charge on any atom is 0.252 e. The van der Waals surface area contributed by atoms with E-state index in [2.05, 4.69) is 12.2 Å². The Kier molecular flexibility index (Phi) is 7.39. The molecule has 0 aliphatic carbocycles. The van der Waals surface area contributed by atoms with Gasteiger partial charge in [0.25, 0.3) is 6.57 Å². The third-order valence-corrected chi connectivity index (χ3v) is 3.71. The summed E-state index contributed by atoms with van der Waals surface area (Å²) in [4.78, 5) is 0. The van der Waals surface area contributed by atoms with Crippen molar-refractivity contribution < 1.29 is 28.0 Å². The Morgan fingerprint density at radius 3 is 2.47 bits per heavy atom. The molecule has 0 amide bonds. The van der Waals surface area contributed by atoms with Crippen molar-refractivity contribution in [3.8, 4) is 0 Å². The van der Waals surface area contributed by atoms with E-state index in [1.807, 2.05) is 7.85 Å². The van der Waals surface area contributed by atoms with Crippen LogP contribution in [0.15, 0.2) is 0 Å². The fraction of sp³-hybridized carbons (Fsp3) is 1.00. The predicted octanol–water partition coefficient (Wildman–Crippen LogP) is 0.160. The van der Waals surface area contributed by atoms with Crippen LogP contribution in [-0.2, 0) is 28.0 Å². The van der Waals surface area contributed by atoms with Gasteiger partial charge in [0.1, 0.15) is 26.2 Å². The molecule has 19 heavy (non-hydrogen) atoms. The first-order valence-corrected chi connectivity index (χ1v) is 9.35. The first kappa shape index (κ1) is 17.5. The summed E-state index contributed by atoms with van der Waals surface area (Å²) in [7, 11) is 5.08. The van der Waals surface area contributed by atoms with Gasteiger partial charge in [0.05, 0.1) is 25.8 Å². The molecule has 112 valence electrons. The van der Waals surface area contributed by atoms with E-state index < -0.39 is 12.7 Å². The normalized spacial score (nSPS) is 34.3. The molecule has 0 radical (unpaired) electrons. The van der Waals surface area contributed by atoms with Gasteiger partial charge in [-0.25, -0.2) is 0 Å². The van der Waals surface area contributed by atoms with E-state index in [1.54, 1.807) is 14.2 Å². The van der Waals surface area contributed by atoms with Gasteiger partial charge in [-0.15, -0.1) is 0 Å². The molecule has 0 bridgehead atoms. The summed E-state index contributed by atoms with van der Waals surface area (Å²) in [6, 6.07) is -0.165. The van der Waals surface area contributed by atoms with Gasteiger partial charge in [0.15, 0.2) is 0 Å². The molecule has 6 nitrogen and oxygen atoms in total. The number of hydrogen-bond acceptors (Lipinski definition) is 6. The highest BCUT2D eigenvalue weighted by molar-refractivity contribution is 8.46. The molecule has 1 saturated heterocycles. The van der Waals surface area contributed by atoms with Crippen molar-refractivity contribution in [3.05, 3.63) is 0 Å². The van der Waals surface area contributed by atoms with Crippen molar-refractivity contribution in [3.63, 3.8) is 0 Å². The fourth-order valence-corrected chi connectivity index (χ4v) is 3.09. The molecule has 1 rings (SSSR count). The Morgan fingerprint density at radius 2 is 1.95 bits per heavy atom. The van der Waals surface area contributed by atoms with Crippen LogP contribution in [0, 0.1) is 0 Å². The summed E-state index contributed by atoms with van der Waals surface area (Å²) in [5, 5.41) is 0. The zero-order valence-corrected chi connectivity index (χ0v) is 13.6. The predicted molar refractivity (Wildman–Crippen MR) is 78.1 cm³/mol. The van der Waals surface area contributed by atoms with E-state index >= 15 is 0 Å². The molecular formula is C10H22BO6PS. The lowest BCUT2D eigenvalue weighted by atomic mass is 9.93. The lowest BCUT2D eigenvalue weighted by Gasteiger charge is -2.25. The van der Waals surface area contributed by atoms with Crippen molar-refractivity contribution in [2.24, 2.45) is 0 Å². The van der Waals surface area contributed by atoms with E-state index in [1.165, 1.54) is 6.66 Å². The second-order valence-electron chi connectivity index (χ2n) is 4.54. The van der Waals surface area contributed by atoms with E-state index in [-0.39, 0.29) is 18.2 Å². The minimum atomic E-state index is -2.93. The zero-order chi connectivity index (χ0) is 14.5. The third-order valence-electron chi connectivity index (χ3n) is 2.79. The van der Waals surface area contributed by atoms with E-state index in [0.29, 0.717) is 19.8 Å². The zero-order valence-electron chi connectivity index (χ0n) is 11.8. The Hall–Kier alpha value is 0.445. The van der Waals surface area contributed by atoms with Crippen LogP contribution in [0.4, 0.5) is 0 Å². The van der Waals surface area contributed by atoms with Crippen molar-refractivity contribution in [1.82, 2.24) is 0 Å². The van der Waals surface area contributed by atoms with Gasteiger partial charge in [-0.05, 0) is 0 Å². The minimum absolute atomic E-state index is 0.165. The number of hydrogen-bond donors (Lipinski definition) is 1. The molecule has 1 aliphatic heterocycles. The van der Waals surface area contributed by atoms with Gasteiger partial charge >= 0.3 is 0 Å². The molecule has 0 aromatic carbocycles. The van der Waals surface area contributed by atoms with Crippen molar-refractivity contribution in [1.29, 1.82) is 0 Å². The first-order valence-electron chi connectivity index (χ1n) is 6.12. The average Bonchev–Trinajstić information content (AvgIpc) is 2.56. The van der Waals surface area contributed by atoms with Crippen LogP contribution >= 0.6 is 18.8 Å². The summed E-state index contributed by atoms with van der Waals surface area (Å²) in [5.41, 5.74) is 0. The molecule has 0 N–H and O–H groups in total. The molecule has 0 aromatic rings. The molecule has 9 heteroatoms. The third kappa shape index (κ3) is 5.75. The number of ether oxygens (including phenoxy) is 4.